The predicted molar refractivity (Wildman–Crippen MR) is 133 cm³/mol. The summed E-state index contributed by atoms with van der Waals surface area (Å²) in [5.41, 5.74) is 4.05. The van der Waals surface area contributed by atoms with Gasteiger partial charge >= 0.3 is 0 Å². The summed E-state index contributed by atoms with van der Waals surface area (Å²) in [5.74, 6) is 0.697. The maximum atomic E-state index is 10.7. The summed E-state index contributed by atoms with van der Waals surface area (Å²) >= 11 is 0. The van der Waals surface area contributed by atoms with Gasteiger partial charge in [0.1, 0.15) is 17.0 Å². The minimum atomic E-state index is 0. The molecule has 11 heteroatoms. The summed E-state index contributed by atoms with van der Waals surface area (Å²) in [4.78, 5) is 11.2. The first-order valence-electron chi connectivity index (χ1n) is 11.0. The lowest BCUT2D eigenvalue weighted by Crippen LogP contribution is -2.45. The molecule has 5 rings (SSSR count). The van der Waals surface area contributed by atoms with E-state index in [1.807, 2.05) is 25.2 Å². The lowest BCUT2D eigenvalue weighted by Gasteiger charge is -2.25. The Morgan fingerprint density at radius 2 is 1.88 bits per heavy atom. The average molecular weight is 482 g/mol. The topological polar surface area (TPSA) is 118 Å². The van der Waals surface area contributed by atoms with Gasteiger partial charge in [-0.3, -0.25) is 0 Å². The van der Waals surface area contributed by atoms with Gasteiger partial charge in [-0.2, -0.15) is 0 Å². The molecule has 1 unspecified atom stereocenters. The Morgan fingerprint density at radius 1 is 1.06 bits per heavy atom. The fraction of sp³-hybridized carbons (Fsp3) is 0.391. The van der Waals surface area contributed by atoms with Crippen LogP contribution in [-0.4, -0.2) is 64.9 Å². The summed E-state index contributed by atoms with van der Waals surface area (Å²) in [6.07, 6.45) is 2.70. The third kappa shape index (κ3) is 4.78. The number of nitrogens with zero attached hydrogens (tertiary/aromatic N) is 8. The van der Waals surface area contributed by atoms with Gasteiger partial charge in [-0.15, -0.1) is 27.7 Å². The highest BCUT2D eigenvalue weighted by atomic mass is 35.5. The number of phenolic OH excluding ortho intramolecular Hbond substituents is 1. The van der Waals surface area contributed by atoms with Crippen molar-refractivity contribution < 1.29 is 5.11 Å². The monoisotopic (exact) mass is 481 g/mol. The van der Waals surface area contributed by atoms with E-state index in [1.54, 1.807) is 23.0 Å². The third-order valence-corrected chi connectivity index (χ3v) is 5.70. The van der Waals surface area contributed by atoms with Crippen LogP contribution in [0.25, 0.3) is 33.7 Å². The molecule has 34 heavy (non-hydrogen) atoms. The zero-order valence-corrected chi connectivity index (χ0v) is 20.4. The van der Waals surface area contributed by atoms with Gasteiger partial charge in [0.2, 0.25) is 11.6 Å². The molecule has 1 aliphatic heterocycles. The average Bonchev–Trinajstić information content (AvgIpc) is 3.39. The van der Waals surface area contributed by atoms with Crippen LogP contribution in [0.5, 0.6) is 5.75 Å². The minimum absolute atomic E-state index is 0. The van der Waals surface area contributed by atoms with Crippen molar-refractivity contribution in [1.82, 2.24) is 40.5 Å². The van der Waals surface area contributed by atoms with E-state index >= 15 is 0 Å². The Labute approximate surface area is 203 Å². The predicted octanol–water partition coefficient (Wildman–Crippen LogP) is 2.98. The molecular formula is C23H28ClN9O. The number of anilines is 1. The molecule has 10 nitrogen and oxygen atoms in total. The highest BCUT2D eigenvalue weighted by Gasteiger charge is 2.27. The number of nitrogens with one attached hydrogen (secondary N) is 1. The normalized spacial score (nSPS) is 16.1. The first-order valence-corrected chi connectivity index (χ1v) is 11.0. The van der Waals surface area contributed by atoms with Crippen LogP contribution < -0.4 is 10.2 Å². The van der Waals surface area contributed by atoms with Crippen LogP contribution in [0.3, 0.4) is 0 Å². The van der Waals surface area contributed by atoms with E-state index in [0.717, 1.165) is 30.6 Å². The molecule has 3 aromatic heterocycles. The number of aromatic hydroxyl groups is 1. The first-order chi connectivity index (χ1) is 15.8. The standard InChI is InChI=1S/C23H27N9O.ClH/c1-23(2,3)26-15-9-10-32(13-15)22-24-12-18(27-29-22)16-6-5-14(11-20(16)33)17-7-8-19-21(25-17)28-30-31(19)4;/h5-8,11-12,15,26,33H,9-10,13H2,1-4H3;1H. The quantitative estimate of drug-likeness (QED) is 0.453. The van der Waals surface area contributed by atoms with Crippen molar-refractivity contribution in [3.05, 3.63) is 36.5 Å². The highest BCUT2D eigenvalue weighted by Crippen LogP contribution is 2.32. The molecule has 1 atom stereocenters. The molecule has 0 radical (unpaired) electrons. The van der Waals surface area contributed by atoms with Crippen molar-refractivity contribution in [2.24, 2.45) is 7.05 Å². The number of benzene rings is 1. The van der Waals surface area contributed by atoms with Crippen molar-refractivity contribution in [3.8, 4) is 28.3 Å². The molecule has 1 aliphatic rings. The molecule has 1 aromatic carbocycles. The lowest BCUT2D eigenvalue weighted by atomic mass is 10.1. The van der Waals surface area contributed by atoms with Crippen molar-refractivity contribution in [2.45, 2.75) is 38.8 Å². The summed E-state index contributed by atoms with van der Waals surface area (Å²) in [7, 11) is 1.82. The van der Waals surface area contributed by atoms with Gasteiger partial charge in [0.25, 0.3) is 0 Å². The number of aryl methyl sites for hydroxylation is 1. The van der Waals surface area contributed by atoms with E-state index in [2.05, 4.69) is 61.5 Å². The molecule has 178 valence electrons. The third-order valence-electron chi connectivity index (χ3n) is 5.70. The number of rotatable bonds is 4. The molecule has 0 aliphatic carbocycles. The van der Waals surface area contributed by atoms with Gasteiger partial charge in [0, 0.05) is 42.8 Å². The number of fused-ring (bicyclic) bond motifs is 1. The van der Waals surface area contributed by atoms with Gasteiger partial charge in [-0.05, 0) is 51.5 Å². The highest BCUT2D eigenvalue weighted by molar-refractivity contribution is 5.85. The van der Waals surface area contributed by atoms with E-state index in [4.69, 9.17) is 0 Å². The molecule has 2 N–H and O–H groups in total. The van der Waals surface area contributed by atoms with Crippen molar-refractivity contribution in [2.75, 3.05) is 18.0 Å². The van der Waals surface area contributed by atoms with Crippen LogP contribution in [0.1, 0.15) is 27.2 Å². The number of hydrogen-bond donors (Lipinski definition) is 2. The maximum absolute atomic E-state index is 10.7. The van der Waals surface area contributed by atoms with Gasteiger partial charge in [-0.1, -0.05) is 11.3 Å². The van der Waals surface area contributed by atoms with Gasteiger partial charge < -0.3 is 15.3 Å². The zero-order valence-electron chi connectivity index (χ0n) is 19.6. The molecule has 0 bridgehead atoms. The summed E-state index contributed by atoms with van der Waals surface area (Å²) < 4.78 is 1.67. The van der Waals surface area contributed by atoms with Crippen LogP contribution in [0, 0.1) is 0 Å². The van der Waals surface area contributed by atoms with Gasteiger partial charge in [-0.25, -0.2) is 14.6 Å². The molecule has 0 saturated carbocycles. The smallest absolute Gasteiger partial charge is 0.245 e. The summed E-state index contributed by atoms with van der Waals surface area (Å²) in [6.45, 7) is 8.25. The maximum Gasteiger partial charge on any atom is 0.245 e. The summed E-state index contributed by atoms with van der Waals surface area (Å²) in [5, 5.41) is 31.0. The van der Waals surface area contributed by atoms with Crippen LogP contribution in [0.4, 0.5) is 5.95 Å². The first kappa shape index (κ1) is 23.8. The molecular weight excluding hydrogens is 454 g/mol. The molecule has 1 saturated heterocycles. The number of hydrogen-bond acceptors (Lipinski definition) is 9. The minimum Gasteiger partial charge on any atom is -0.507 e. The van der Waals surface area contributed by atoms with Crippen LogP contribution in [-0.2, 0) is 7.05 Å². The fourth-order valence-electron chi connectivity index (χ4n) is 4.20. The second-order valence-corrected chi connectivity index (χ2v) is 9.45. The fourth-order valence-corrected chi connectivity index (χ4v) is 4.20. The Balaban J connectivity index is 0.00000274. The zero-order chi connectivity index (χ0) is 23.2. The molecule has 0 amide bonds. The van der Waals surface area contributed by atoms with Crippen LogP contribution in [0.2, 0.25) is 0 Å². The summed E-state index contributed by atoms with van der Waals surface area (Å²) in [6, 6.07) is 9.55. The van der Waals surface area contributed by atoms with Crippen molar-refractivity contribution in [3.63, 3.8) is 0 Å². The molecule has 4 aromatic rings. The molecule has 4 heterocycles. The van der Waals surface area contributed by atoms with Gasteiger partial charge in [0.15, 0.2) is 0 Å². The van der Waals surface area contributed by atoms with E-state index in [-0.39, 0.29) is 23.7 Å². The Bertz CT molecular complexity index is 1300. The Hall–Kier alpha value is -3.37. The number of aromatic nitrogens is 7. The van der Waals surface area contributed by atoms with E-state index in [0.29, 0.717) is 34.6 Å². The van der Waals surface area contributed by atoms with Gasteiger partial charge in [0.05, 0.1) is 11.9 Å². The largest absolute Gasteiger partial charge is 0.507 e. The lowest BCUT2D eigenvalue weighted by molar-refractivity contribution is 0.373. The van der Waals surface area contributed by atoms with Crippen molar-refractivity contribution >= 4 is 29.5 Å². The second kappa shape index (κ2) is 9.11. The SMILES string of the molecule is Cl.Cn1nnc2nc(-c3ccc(-c4cnc(N5CCC(NC(C)(C)C)C5)nn4)c(O)c3)ccc21. The second-order valence-electron chi connectivity index (χ2n) is 9.45. The number of phenols is 1. The Morgan fingerprint density at radius 3 is 2.59 bits per heavy atom. The van der Waals surface area contributed by atoms with E-state index < -0.39 is 0 Å². The van der Waals surface area contributed by atoms with Crippen molar-refractivity contribution in [1.29, 1.82) is 0 Å². The van der Waals surface area contributed by atoms with Crippen LogP contribution >= 0.6 is 12.4 Å². The molecule has 0 spiro atoms. The van der Waals surface area contributed by atoms with Crippen LogP contribution in [0.15, 0.2) is 36.5 Å². The van der Waals surface area contributed by atoms with E-state index in [1.165, 1.54) is 0 Å². The molecule has 1 fully saturated rings. The Kier molecular flexibility index (Phi) is 6.37. The number of halogens is 1. The van der Waals surface area contributed by atoms with E-state index in [9.17, 15) is 5.11 Å². The number of pyridine rings is 1.